The Morgan fingerprint density at radius 1 is 1.09 bits per heavy atom. The molecule has 0 saturated heterocycles. The summed E-state index contributed by atoms with van der Waals surface area (Å²) in [4.78, 5) is 30.5. The molecule has 0 radical (unpaired) electrons. The normalized spacial score (nSPS) is 11.5. The summed E-state index contributed by atoms with van der Waals surface area (Å²) in [5.41, 5.74) is -1.27. The summed E-state index contributed by atoms with van der Waals surface area (Å²) >= 11 is 0. The fourth-order valence-corrected chi connectivity index (χ4v) is 3.12. The maximum absolute atomic E-state index is 13.4. The first kappa shape index (κ1) is 25.3. The molecule has 0 spiro atoms. The molecule has 0 bridgehead atoms. The molecule has 2 aromatic carbocycles. The second kappa shape index (κ2) is 9.50. The number of hydrazine groups is 1. The Hall–Kier alpha value is -4.33. The quantitative estimate of drug-likeness (QED) is 0.476. The van der Waals surface area contributed by atoms with Gasteiger partial charge in [0.2, 0.25) is 5.82 Å². The van der Waals surface area contributed by atoms with Crippen LogP contribution in [-0.4, -0.2) is 39.2 Å². The lowest BCUT2D eigenvalue weighted by Crippen LogP contribution is -2.50. The fourth-order valence-electron chi connectivity index (χ4n) is 3.12. The second-order valence-electron chi connectivity index (χ2n) is 8.45. The first-order valence-electron chi connectivity index (χ1n) is 10.3. The van der Waals surface area contributed by atoms with E-state index in [4.69, 9.17) is 10.00 Å². The lowest BCUT2D eigenvalue weighted by atomic mass is 10.2. The monoisotopic (exact) mass is 485 g/mol. The molecule has 0 fully saturated rings. The molecule has 35 heavy (non-hydrogen) atoms. The molecule has 1 heterocycles. The van der Waals surface area contributed by atoms with Crippen LogP contribution in [0.2, 0.25) is 0 Å². The van der Waals surface area contributed by atoms with Crippen molar-refractivity contribution in [2.75, 3.05) is 12.1 Å². The van der Waals surface area contributed by atoms with Crippen molar-refractivity contribution in [3.8, 4) is 11.8 Å². The van der Waals surface area contributed by atoms with E-state index in [1.54, 1.807) is 45.0 Å². The zero-order chi connectivity index (χ0) is 26.0. The first-order chi connectivity index (χ1) is 16.3. The highest BCUT2D eigenvalue weighted by molar-refractivity contribution is 5.98. The minimum Gasteiger partial charge on any atom is -0.442 e. The molecule has 3 aromatic rings. The van der Waals surface area contributed by atoms with Crippen molar-refractivity contribution in [1.29, 1.82) is 5.26 Å². The van der Waals surface area contributed by atoms with Gasteiger partial charge in [0.25, 0.3) is 0 Å². The lowest BCUT2D eigenvalue weighted by molar-refractivity contribution is -0.137. The van der Waals surface area contributed by atoms with Gasteiger partial charge in [0, 0.05) is 25.1 Å². The van der Waals surface area contributed by atoms with Crippen LogP contribution in [0.1, 0.15) is 42.5 Å². The summed E-state index contributed by atoms with van der Waals surface area (Å²) in [6, 6.07) is 12.3. The van der Waals surface area contributed by atoms with E-state index in [-0.39, 0.29) is 11.5 Å². The predicted octanol–water partition coefficient (Wildman–Crippen LogP) is 5.19. The fraction of sp³-hybridized carbons (Fsp3) is 0.250. The number of carbonyl (C=O) groups is 2. The van der Waals surface area contributed by atoms with Crippen LogP contribution in [-0.2, 0) is 10.9 Å². The van der Waals surface area contributed by atoms with E-state index in [0.717, 1.165) is 28.2 Å². The van der Waals surface area contributed by atoms with E-state index >= 15 is 0 Å². The second-order valence-corrected chi connectivity index (χ2v) is 8.45. The van der Waals surface area contributed by atoms with E-state index < -0.39 is 29.3 Å². The van der Waals surface area contributed by atoms with Crippen molar-refractivity contribution in [3.05, 3.63) is 77.9 Å². The lowest BCUT2D eigenvalue weighted by Gasteiger charge is -2.33. The van der Waals surface area contributed by atoms with E-state index in [9.17, 15) is 22.8 Å². The predicted molar refractivity (Wildman–Crippen MR) is 121 cm³/mol. The number of imidazole rings is 1. The van der Waals surface area contributed by atoms with Crippen LogP contribution < -0.4 is 5.01 Å². The third-order valence-corrected chi connectivity index (χ3v) is 4.69. The minimum atomic E-state index is -4.66. The molecule has 0 aliphatic heterocycles. The van der Waals surface area contributed by atoms with Crippen LogP contribution >= 0.6 is 0 Å². The zero-order valence-electron chi connectivity index (χ0n) is 19.4. The molecule has 0 aliphatic carbocycles. The smallest absolute Gasteiger partial charge is 0.434 e. The molecular weight excluding hydrogens is 463 g/mol. The van der Waals surface area contributed by atoms with Gasteiger partial charge in [0.15, 0.2) is 0 Å². The topological polar surface area (TPSA) is 91.5 Å². The van der Waals surface area contributed by atoms with Gasteiger partial charge in [-0.1, -0.05) is 6.07 Å². The number of benzene rings is 2. The number of rotatable bonds is 3. The van der Waals surface area contributed by atoms with Gasteiger partial charge in [0.1, 0.15) is 5.60 Å². The van der Waals surface area contributed by atoms with Crippen molar-refractivity contribution >= 4 is 17.7 Å². The van der Waals surface area contributed by atoms with Gasteiger partial charge in [-0.3, -0.25) is 9.36 Å². The molecule has 8 nitrogen and oxygen atoms in total. The number of hydrogen-bond acceptors (Lipinski definition) is 5. The Morgan fingerprint density at radius 3 is 2.31 bits per heavy atom. The van der Waals surface area contributed by atoms with Gasteiger partial charge in [-0.2, -0.15) is 23.4 Å². The summed E-state index contributed by atoms with van der Waals surface area (Å²) in [6.07, 6.45) is -2.85. The van der Waals surface area contributed by atoms with Crippen LogP contribution in [0, 0.1) is 11.3 Å². The molecule has 3 rings (SSSR count). The van der Waals surface area contributed by atoms with Gasteiger partial charge in [-0.05, 0) is 63.2 Å². The van der Waals surface area contributed by atoms with Gasteiger partial charge < -0.3 is 4.74 Å². The number of alkyl halides is 3. The molecule has 0 N–H and O–H groups in total. The van der Waals surface area contributed by atoms with Gasteiger partial charge in [-0.15, -0.1) is 0 Å². The maximum Gasteiger partial charge on any atom is 0.434 e. The van der Waals surface area contributed by atoms with Crippen LogP contribution in [0.25, 0.3) is 5.69 Å². The number of halogens is 3. The number of carbonyl (C=O) groups excluding carboxylic acids is 2. The van der Waals surface area contributed by atoms with E-state index in [0.29, 0.717) is 11.3 Å². The van der Waals surface area contributed by atoms with E-state index in [1.807, 2.05) is 6.07 Å². The summed E-state index contributed by atoms with van der Waals surface area (Å²) < 4.78 is 46.8. The summed E-state index contributed by atoms with van der Waals surface area (Å²) in [5.74, 6) is -0.902. The summed E-state index contributed by atoms with van der Waals surface area (Å²) in [7, 11) is 1.23. The molecule has 182 valence electrons. The van der Waals surface area contributed by atoms with Crippen LogP contribution in [0.5, 0.6) is 0 Å². The summed E-state index contributed by atoms with van der Waals surface area (Å²) in [6.45, 7) is 4.78. The SMILES string of the molecule is CN(C(=O)c1nccn1-c1ccc(C#N)cc1)N(C(=O)OC(C)(C)C)c1cccc(C(F)(F)F)c1. The number of amides is 2. The standard InChI is InChI=1S/C24H22F3N5O3/c1-23(2,3)35-22(34)32(19-7-5-6-17(14-19)24(25,26)27)30(4)21(33)20-29-12-13-31(20)18-10-8-16(15-28)9-11-18/h5-14H,1-4H3. The van der Waals surface area contributed by atoms with Crippen molar-refractivity contribution in [1.82, 2.24) is 14.6 Å². The molecule has 2 amide bonds. The third-order valence-electron chi connectivity index (χ3n) is 4.69. The van der Waals surface area contributed by atoms with Crippen LogP contribution in [0.3, 0.4) is 0 Å². The molecule has 0 atom stereocenters. The van der Waals surface area contributed by atoms with Crippen LogP contribution in [0.4, 0.5) is 23.7 Å². The maximum atomic E-state index is 13.4. The van der Waals surface area contributed by atoms with Gasteiger partial charge >= 0.3 is 18.2 Å². The molecule has 0 aliphatic rings. The molecule has 0 saturated carbocycles. The van der Waals surface area contributed by atoms with E-state index in [2.05, 4.69) is 4.98 Å². The number of nitrogens with zero attached hydrogens (tertiary/aromatic N) is 5. The average Bonchev–Trinajstić information content (AvgIpc) is 3.27. The summed E-state index contributed by atoms with van der Waals surface area (Å²) in [5, 5.41) is 10.6. The number of aromatic nitrogens is 2. The number of ether oxygens (including phenoxy) is 1. The first-order valence-corrected chi connectivity index (χ1v) is 10.3. The molecule has 11 heteroatoms. The Kier molecular flexibility index (Phi) is 6.87. The largest absolute Gasteiger partial charge is 0.442 e. The number of hydrogen-bond donors (Lipinski definition) is 0. The molecule has 0 unspecified atom stereocenters. The molecule has 1 aromatic heterocycles. The Labute approximate surface area is 199 Å². The van der Waals surface area contributed by atoms with Crippen molar-refractivity contribution in [2.45, 2.75) is 32.5 Å². The highest BCUT2D eigenvalue weighted by Gasteiger charge is 2.35. The van der Waals surface area contributed by atoms with Crippen molar-refractivity contribution in [2.24, 2.45) is 0 Å². The number of nitriles is 1. The van der Waals surface area contributed by atoms with Crippen LogP contribution in [0.15, 0.2) is 60.9 Å². The van der Waals surface area contributed by atoms with Gasteiger partial charge in [-0.25, -0.2) is 14.8 Å². The zero-order valence-corrected chi connectivity index (χ0v) is 19.4. The highest BCUT2D eigenvalue weighted by Crippen LogP contribution is 2.32. The number of anilines is 1. The average molecular weight is 485 g/mol. The van der Waals surface area contributed by atoms with Crippen molar-refractivity contribution < 1.29 is 27.5 Å². The molecular formula is C24H22F3N5O3. The third kappa shape index (κ3) is 5.78. The Balaban J connectivity index is 2.04. The Morgan fingerprint density at radius 2 is 1.74 bits per heavy atom. The van der Waals surface area contributed by atoms with Gasteiger partial charge in [0.05, 0.1) is 22.9 Å². The van der Waals surface area contributed by atoms with E-state index in [1.165, 1.54) is 30.1 Å². The minimum absolute atomic E-state index is 0.113. The highest BCUT2D eigenvalue weighted by atomic mass is 19.4. The van der Waals surface area contributed by atoms with Crippen molar-refractivity contribution in [3.63, 3.8) is 0 Å². The Bertz CT molecular complexity index is 1270.